The van der Waals surface area contributed by atoms with Gasteiger partial charge in [-0.1, -0.05) is 18.2 Å². The van der Waals surface area contributed by atoms with Gasteiger partial charge in [0.05, 0.1) is 7.14 Å². The molecule has 0 saturated carbocycles. The second-order valence-electron chi connectivity index (χ2n) is 6.99. The van der Waals surface area contributed by atoms with Gasteiger partial charge in [0, 0.05) is 14.7 Å². The molecule has 0 aliphatic carbocycles. The molecule has 0 amide bonds. The van der Waals surface area contributed by atoms with E-state index in [-0.39, 0.29) is 18.1 Å². The van der Waals surface area contributed by atoms with Gasteiger partial charge in [-0.2, -0.15) is 0 Å². The number of benzene rings is 3. The van der Waals surface area contributed by atoms with Gasteiger partial charge in [-0.05, 0) is 128 Å². The summed E-state index contributed by atoms with van der Waals surface area (Å²) in [6.07, 6.45) is 1.69. The number of nitrogens with zero attached hydrogens (tertiary/aromatic N) is 1. The van der Waals surface area contributed by atoms with Crippen molar-refractivity contribution in [1.29, 1.82) is 0 Å². The zero-order valence-electron chi connectivity index (χ0n) is 16.7. The largest absolute Gasteiger partial charge is 0.487 e. The van der Waals surface area contributed by atoms with Gasteiger partial charge in [0.1, 0.15) is 18.2 Å². The van der Waals surface area contributed by atoms with Crippen molar-refractivity contribution in [2.45, 2.75) is 13.5 Å². The molecule has 0 fully saturated rings. The first-order valence-electron chi connectivity index (χ1n) is 9.46. The average Bonchev–Trinajstić information content (AvgIpc) is 3.11. The maximum atomic E-state index is 13.9. The van der Waals surface area contributed by atoms with E-state index in [1.165, 1.54) is 6.07 Å². The van der Waals surface area contributed by atoms with Crippen molar-refractivity contribution in [1.82, 2.24) is 0 Å². The Morgan fingerprint density at radius 3 is 2.44 bits per heavy atom. The van der Waals surface area contributed by atoms with Crippen LogP contribution in [0.15, 0.2) is 65.3 Å². The predicted octanol–water partition coefficient (Wildman–Crippen LogP) is 6.87. The number of aliphatic imine (C=N–C) groups is 1. The molecule has 8 heteroatoms. The van der Waals surface area contributed by atoms with E-state index in [0.29, 0.717) is 17.2 Å². The summed E-state index contributed by atoms with van der Waals surface area (Å²) in [5, 5.41) is 0. The van der Waals surface area contributed by atoms with Crippen molar-refractivity contribution in [2.24, 2.45) is 4.99 Å². The van der Waals surface area contributed by atoms with Crippen molar-refractivity contribution in [3.8, 4) is 5.75 Å². The highest BCUT2D eigenvalue weighted by atomic mass is 127. The highest BCUT2D eigenvalue weighted by molar-refractivity contribution is 14.1. The smallest absolute Gasteiger partial charge is 0.363 e. The number of aryl methyl sites for hydroxylation is 1. The van der Waals surface area contributed by atoms with Crippen LogP contribution in [-0.4, -0.2) is 11.9 Å². The summed E-state index contributed by atoms with van der Waals surface area (Å²) in [5.41, 5.74) is 3.39. The van der Waals surface area contributed by atoms with E-state index in [1.807, 2.05) is 37.3 Å². The third-order valence-electron chi connectivity index (χ3n) is 4.68. The second kappa shape index (κ2) is 10.2. The summed E-state index contributed by atoms with van der Waals surface area (Å²) in [6, 6.07) is 16.1. The van der Waals surface area contributed by atoms with E-state index in [1.54, 1.807) is 24.3 Å². The van der Waals surface area contributed by atoms with E-state index < -0.39 is 5.97 Å². The van der Waals surface area contributed by atoms with Crippen LogP contribution in [0.25, 0.3) is 6.08 Å². The number of esters is 1. The Labute approximate surface area is 225 Å². The molecule has 0 saturated heterocycles. The molecule has 0 unspecified atom stereocenters. The molecule has 1 heterocycles. The lowest BCUT2D eigenvalue weighted by molar-refractivity contribution is -0.129. The molecular formula is C24H15FI3NO3. The second-order valence-corrected chi connectivity index (χ2v) is 10.5. The Bertz CT molecular complexity index is 1260. The van der Waals surface area contributed by atoms with E-state index in [2.05, 4.69) is 72.8 Å². The van der Waals surface area contributed by atoms with Gasteiger partial charge < -0.3 is 9.47 Å². The fourth-order valence-electron chi connectivity index (χ4n) is 3.03. The maximum Gasteiger partial charge on any atom is 0.363 e. The van der Waals surface area contributed by atoms with Crippen molar-refractivity contribution in [3.05, 3.63) is 99.1 Å². The molecule has 0 atom stereocenters. The molecule has 0 N–H and O–H groups in total. The van der Waals surface area contributed by atoms with E-state index in [9.17, 15) is 9.18 Å². The molecule has 1 aliphatic rings. The van der Waals surface area contributed by atoms with Gasteiger partial charge >= 0.3 is 5.97 Å². The van der Waals surface area contributed by atoms with Crippen LogP contribution in [0.3, 0.4) is 0 Å². The van der Waals surface area contributed by atoms with Crippen LogP contribution in [0.4, 0.5) is 4.39 Å². The number of ether oxygens (including phenoxy) is 2. The maximum absolute atomic E-state index is 13.9. The first kappa shape index (κ1) is 23.6. The third-order valence-corrected chi connectivity index (χ3v) is 7.49. The molecule has 0 bridgehead atoms. The van der Waals surface area contributed by atoms with Crippen LogP contribution in [0.2, 0.25) is 0 Å². The van der Waals surface area contributed by atoms with E-state index in [0.717, 1.165) is 27.4 Å². The summed E-state index contributed by atoms with van der Waals surface area (Å²) >= 11 is 6.60. The van der Waals surface area contributed by atoms with Crippen LogP contribution in [0.1, 0.15) is 22.3 Å². The number of carbonyl (C=O) groups is 1. The zero-order valence-corrected chi connectivity index (χ0v) is 23.1. The highest BCUT2D eigenvalue weighted by Crippen LogP contribution is 2.31. The lowest BCUT2D eigenvalue weighted by Crippen LogP contribution is -2.05. The fourth-order valence-corrected chi connectivity index (χ4v) is 5.50. The van der Waals surface area contributed by atoms with Gasteiger partial charge in [-0.25, -0.2) is 14.2 Å². The first-order valence-corrected chi connectivity index (χ1v) is 12.7. The average molecular weight is 765 g/mol. The van der Waals surface area contributed by atoms with E-state index in [4.69, 9.17) is 9.47 Å². The van der Waals surface area contributed by atoms with Crippen molar-refractivity contribution >= 4 is 85.7 Å². The molecule has 0 radical (unpaired) electrons. The lowest BCUT2D eigenvalue weighted by Gasteiger charge is -2.12. The quantitative estimate of drug-likeness (QED) is 0.162. The number of halogens is 4. The summed E-state index contributed by atoms with van der Waals surface area (Å²) in [7, 11) is 0. The van der Waals surface area contributed by atoms with E-state index >= 15 is 0 Å². The third kappa shape index (κ3) is 5.33. The minimum atomic E-state index is -0.485. The van der Waals surface area contributed by atoms with Crippen LogP contribution >= 0.6 is 67.8 Å². The van der Waals surface area contributed by atoms with Gasteiger partial charge in [0.25, 0.3) is 0 Å². The fraction of sp³-hybridized carbons (Fsp3) is 0.0833. The standard InChI is InChI=1S/C24H15FI3NO3/c1-13-8-15(6-7-18(13)26)23-29-21(24(30)32-23)11-14-9-19(27)22(20(28)10-14)31-12-16-4-2-3-5-17(16)25/h2-11H,12H2,1H3/b21-11-. The van der Waals surface area contributed by atoms with Crippen LogP contribution in [0, 0.1) is 23.5 Å². The SMILES string of the molecule is Cc1cc(C2=N/C(=C\c3cc(I)c(OCc4ccccc4F)c(I)c3)C(=O)O2)ccc1I. The molecule has 1 aliphatic heterocycles. The van der Waals surface area contributed by atoms with Gasteiger partial charge in [0.15, 0.2) is 5.70 Å². The summed E-state index contributed by atoms with van der Waals surface area (Å²) in [5.74, 6) is 0.191. The number of hydrogen-bond acceptors (Lipinski definition) is 4. The number of rotatable bonds is 5. The molecular weight excluding hydrogens is 750 g/mol. The molecule has 0 aromatic heterocycles. The Kier molecular flexibility index (Phi) is 7.50. The van der Waals surface area contributed by atoms with Crippen LogP contribution in [0.5, 0.6) is 5.75 Å². The molecule has 3 aromatic carbocycles. The Morgan fingerprint density at radius 2 is 1.75 bits per heavy atom. The molecule has 3 aromatic rings. The Hall–Kier alpha value is -1.54. The van der Waals surface area contributed by atoms with Gasteiger partial charge in [0.2, 0.25) is 5.90 Å². The molecule has 32 heavy (non-hydrogen) atoms. The zero-order chi connectivity index (χ0) is 22.8. The topological polar surface area (TPSA) is 47.9 Å². The molecule has 4 rings (SSSR count). The van der Waals surface area contributed by atoms with Crippen molar-refractivity contribution < 1.29 is 18.7 Å². The van der Waals surface area contributed by atoms with Gasteiger partial charge in [-0.15, -0.1) is 0 Å². The first-order chi connectivity index (χ1) is 15.3. The van der Waals surface area contributed by atoms with Crippen molar-refractivity contribution in [3.63, 3.8) is 0 Å². The molecule has 4 nitrogen and oxygen atoms in total. The number of carbonyl (C=O) groups excluding carboxylic acids is 1. The van der Waals surface area contributed by atoms with Gasteiger partial charge in [-0.3, -0.25) is 0 Å². The number of hydrogen-bond donors (Lipinski definition) is 0. The number of cyclic esters (lactones) is 1. The summed E-state index contributed by atoms with van der Waals surface area (Å²) in [4.78, 5) is 16.8. The molecule has 0 spiro atoms. The predicted molar refractivity (Wildman–Crippen MR) is 147 cm³/mol. The molecule has 162 valence electrons. The Balaban J connectivity index is 1.57. The van der Waals surface area contributed by atoms with Crippen LogP contribution < -0.4 is 4.74 Å². The minimum Gasteiger partial charge on any atom is -0.487 e. The minimum absolute atomic E-state index is 0.133. The normalized spacial score (nSPS) is 14.5. The van der Waals surface area contributed by atoms with Crippen LogP contribution in [-0.2, 0) is 16.1 Å². The monoisotopic (exact) mass is 765 g/mol. The van der Waals surface area contributed by atoms with Crippen molar-refractivity contribution in [2.75, 3.05) is 0 Å². The Morgan fingerprint density at radius 1 is 1.03 bits per heavy atom. The highest BCUT2D eigenvalue weighted by Gasteiger charge is 2.24. The summed E-state index contributed by atoms with van der Waals surface area (Å²) < 4.78 is 28.0. The summed E-state index contributed by atoms with van der Waals surface area (Å²) in [6.45, 7) is 2.13. The lowest BCUT2D eigenvalue weighted by atomic mass is 10.1.